The Morgan fingerprint density at radius 1 is 1.33 bits per heavy atom. The van der Waals surface area contributed by atoms with E-state index in [1.807, 2.05) is 0 Å². The van der Waals surface area contributed by atoms with Crippen LogP contribution in [0.3, 0.4) is 0 Å². The van der Waals surface area contributed by atoms with E-state index in [1.165, 1.54) is 25.0 Å². The van der Waals surface area contributed by atoms with E-state index in [9.17, 15) is 9.18 Å². The van der Waals surface area contributed by atoms with Crippen LogP contribution in [0.15, 0.2) is 18.2 Å². The summed E-state index contributed by atoms with van der Waals surface area (Å²) in [5, 5.41) is 3.07. The van der Waals surface area contributed by atoms with E-state index in [0.29, 0.717) is 12.6 Å². The summed E-state index contributed by atoms with van der Waals surface area (Å²) in [5.74, 6) is -0.230. The van der Waals surface area contributed by atoms with Crippen LogP contribution in [0.4, 0.5) is 14.9 Å². The molecule has 2 amide bonds. The van der Waals surface area contributed by atoms with E-state index >= 15 is 0 Å². The second-order valence-electron chi connectivity index (χ2n) is 5.11. The van der Waals surface area contributed by atoms with Crippen LogP contribution in [0.25, 0.3) is 0 Å². The molecule has 18 heavy (non-hydrogen) atoms. The van der Waals surface area contributed by atoms with Crippen LogP contribution in [-0.4, -0.2) is 18.6 Å². The number of anilines is 1. The fraction of sp³-hybridized carbons (Fsp3) is 0.500. The van der Waals surface area contributed by atoms with Crippen molar-refractivity contribution in [3.8, 4) is 0 Å². The molecule has 3 rings (SSSR count). The highest BCUT2D eigenvalue weighted by Gasteiger charge is 2.27. The standard InChI is InChI=1S/C14H17FN2O/c15-11-5-6-13-10(9-11)7-8-17(13)14(18)16-12-3-1-2-4-12/h5-6,9,12H,1-4,7-8H2,(H,16,18). The number of carbonyl (C=O) groups excluding carboxylic acids is 1. The lowest BCUT2D eigenvalue weighted by Crippen LogP contribution is -2.43. The van der Waals surface area contributed by atoms with E-state index in [4.69, 9.17) is 0 Å². The van der Waals surface area contributed by atoms with Crippen molar-refractivity contribution < 1.29 is 9.18 Å². The number of halogens is 1. The number of benzene rings is 1. The van der Waals surface area contributed by atoms with Crippen molar-refractivity contribution in [3.05, 3.63) is 29.6 Å². The highest BCUT2D eigenvalue weighted by molar-refractivity contribution is 5.94. The predicted molar refractivity (Wildman–Crippen MR) is 68.2 cm³/mol. The van der Waals surface area contributed by atoms with Gasteiger partial charge in [-0.05, 0) is 43.0 Å². The van der Waals surface area contributed by atoms with Crippen LogP contribution in [0.1, 0.15) is 31.2 Å². The maximum absolute atomic E-state index is 13.1. The Morgan fingerprint density at radius 3 is 2.89 bits per heavy atom. The van der Waals surface area contributed by atoms with Gasteiger partial charge < -0.3 is 5.32 Å². The minimum absolute atomic E-state index is 0.0349. The monoisotopic (exact) mass is 248 g/mol. The van der Waals surface area contributed by atoms with Crippen molar-refractivity contribution in [1.82, 2.24) is 5.32 Å². The van der Waals surface area contributed by atoms with Gasteiger partial charge >= 0.3 is 6.03 Å². The zero-order chi connectivity index (χ0) is 12.5. The van der Waals surface area contributed by atoms with Gasteiger partial charge in [-0.3, -0.25) is 4.90 Å². The normalized spacial score (nSPS) is 19.1. The molecule has 0 unspecified atom stereocenters. The maximum atomic E-state index is 13.1. The Labute approximate surface area is 106 Å². The molecule has 1 aliphatic heterocycles. The highest BCUT2D eigenvalue weighted by Crippen LogP contribution is 2.29. The van der Waals surface area contributed by atoms with E-state index in [1.54, 1.807) is 11.0 Å². The van der Waals surface area contributed by atoms with Crippen molar-refractivity contribution >= 4 is 11.7 Å². The Balaban J connectivity index is 1.73. The molecular formula is C14H17FN2O. The SMILES string of the molecule is O=C(NC1CCCC1)N1CCc2cc(F)ccc21. The second kappa shape index (κ2) is 4.59. The third kappa shape index (κ3) is 2.07. The molecule has 96 valence electrons. The number of nitrogens with zero attached hydrogens (tertiary/aromatic N) is 1. The Hall–Kier alpha value is -1.58. The molecule has 1 saturated carbocycles. The quantitative estimate of drug-likeness (QED) is 0.814. The Morgan fingerprint density at radius 2 is 2.11 bits per heavy atom. The minimum atomic E-state index is -0.230. The number of urea groups is 1. The molecule has 0 radical (unpaired) electrons. The smallest absolute Gasteiger partial charge is 0.322 e. The largest absolute Gasteiger partial charge is 0.335 e. The third-order valence-corrected chi connectivity index (χ3v) is 3.87. The maximum Gasteiger partial charge on any atom is 0.322 e. The molecule has 3 nitrogen and oxygen atoms in total. The van der Waals surface area contributed by atoms with Crippen LogP contribution in [-0.2, 0) is 6.42 Å². The first-order valence-corrected chi connectivity index (χ1v) is 6.60. The fourth-order valence-corrected chi connectivity index (χ4v) is 2.90. The fourth-order valence-electron chi connectivity index (χ4n) is 2.90. The molecule has 2 aliphatic rings. The molecule has 0 atom stereocenters. The van der Waals surface area contributed by atoms with Gasteiger partial charge in [-0.25, -0.2) is 9.18 Å². The van der Waals surface area contributed by atoms with Crippen molar-refractivity contribution in [1.29, 1.82) is 0 Å². The molecule has 0 spiro atoms. The number of nitrogens with one attached hydrogen (secondary N) is 1. The second-order valence-corrected chi connectivity index (χ2v) is 5.11. The lowest BCUT2D eigenvalue weighted by Gasteiger charge is -2.21. The van der Waals surface area contributed by atoms with Crippen LogP contribution in [0.5, 0.6) is 0 Å². The van der Waals surface area contributed by atoms with Crippen molar-refractivity contribution in [2.24, 2.45) is 0 Å². The van der Waals surface area contributed by atoms with Crippen LogP contribution >= 0.6 is 0 Å². The predicted octanol–water partition coefficient (Wildman–Crippen LogP) is 2.84. The number of rotatable bonds is 1. The molecule has 1 N–H and O–H groups in total. The molecule has 1 heterocycles. The molecule has 4 heteroatoms. The van der Waals surface area contributed by atoms with Gasteiger partial charge in [-0.1, -0.05) is 12.8 Å². The van der Waals surface area contributed by atoms with Gasteiger partial charge in [0.15, 0.2) is 0 Å². The summed E-state index contributed by atoms with van der Waals surface area (Å²) in [6.45, 7) is 0.650. The molecule has 0 saturated heterocycles. The number of amides is 2. The summed E-state index contributed by atoms with van der Waals surface area (Å²) in [5.41, 5.74) is 1.78. The van der Waals surface area contributed by atoms with Crippen molar-refractivity contribution in [2.45, 2.75) is 38.1 Å². The molecule has 1 aromatic carbocycles. The van der Waals surface area contributed by atoms with Crippen LogP contribution < -0.4 is 10.2 Å². The van der Waals surface area contributed by atoms with E-state index < -0.39 is 0 Å². The Kier molecular flexibility index (Phi) is 2.94. The number of fused-ring (bicyclic) bond motifs is 1. The van der Waals surface area contributed by atoms with E-state index in [2.05, 4.69) is 5.32 Å². The summed E-state index contributed by atoms with van der Waals surface area (Å²) < 4.78 is 13.1. The summed E-state index contributed by atoms with van der Waals surface area (Å²) in [6.07, 6.45) is 5.30. The summed E-state index contributed by atoms with van der Waals surface area (Å²) >= 11 is 0. The zero-order valence-corrected chi connectivity index (χ0v) is 10.3. The van der Waals surface area contributed by atoms with E-state index in [0.717, 1.165) is 30.5 Å². The van der Waals surface area contributed by atoms with Gasteiger partial charge in [0.1, 0.15) is 5.82 Å². The average Bonchev–Trinajstić information content (AvgIpc) is 2.97. The third-order valence-electron chi connectivity index (χ3n) is 3.87. The molecule has 0 bridgehead atoms. The number of carbonyl (C=O) groups is 1. The Bertz CT molecular complexity index is 469. The van der Waals surface area contributed by atoms with Gasteiger partial charge in [-0.2, -0.15) is 0 Å². The molecule has 1 fully saturated rings. The first-order chi connectivity index (χ1) is 8.74. The van der Waals surface area contributed by atoms with E-state index in [-0.39, 0.29) is 11.8 Å². The highest BCUT2D eigenvalue weighted by atomic mass is 19.1. The summed E-state index contributed by atoms with van der Waals surface area (Å²) in [6, 6.07) is 4.93. The van der Waals surface area contributed by atoms with Gasteiger partial charge in [0.25, 0.3) is 0 Å². The van der Waals surface area contributed by atoms with Gasteiger partial charge in [0, 0.05) is 18.3 Å². The molecule has 0 aromatic heterocycles. The van der Waals surface area contributed by atoms with Gasteiger partial charge in [0.05, 0.1) is 0 Å². The minimum Gasteiger partial charge on any atom is -0.335 e. The molecular weight excluding hydrogens is 231 g/mol. The van der Waals surface area contributed by atoms with Crippen LogP contribution in [0, 0.1) is 5.82 Å². The first kappa shape index (κ1) is 11.5. The van der Waals surface area contributed by atoms with Gasteiger partial charge in [-0.15, -0.1) is 0 Å². The number of hydrogen-bond donors (Lipinski definition) is 1. The summed E-state index contributed by atoms with van der Waals surface area (Å²) in [7, 11) is 0. The van der Waals surface area contributed by atoms with Crippen molar-refractivity contribution in [3.63, 3.8) is 0 Å². The average molecular weight is 248 g/mol. The molecule has 1 aliphatic carbocycles. The lowest BCUT2D eigenvalue weighted by molar-refractivity contribution is 0.243. The van der Waals surface area contributed by atoms with Gasteiger partial charge in [0.2, 0.25) is 0 Å². The zero-order valence-electron chi connectivity index (χ0n) is 10.3. The van der Waals surface area contributed by atoms with Crippen molar-refractivity contribution in [2.75, 3.05) is 11.4 Å². The topological polar surface area (TPSA) is 32.3 Å². The lowest BCUT2D eigenvalue weighted by atomic mass is 10.2. The summed E-state index contributed by atoms with van der Waals surface area (Å²) in [4.78, 5) is 13.9. The van der Waals surface area contributed by atoms with Crippen LogP contribution in [0.2, 0.25) is 0 Å². The number of hydrogen-bond acceptors (Lipinski definition) is 1. The first-order valence-electron chi connectivity index (χ1n) is 6.60. The molecule has 1 aromatic rings.